The lowest BCUT2D eigenvalue weighted by atomic mass is 10.1. The summed E-state index contributed by atoms with van der Waals surface area (Å²) < 4.78 is 11.2. The molecule has 1 saturated heterocycles. The van der Waals surface area contributed by atoms with Crippen molar-refractivity contribution < 1.29 is 14.3 Å². The first-order valence-electron chi connectivity index (χ1n) is 7.82. The molecule has 1 aromatic carbocycles. The van der Waals surface area contributed by atoms with Gasteiger partial charge in [-0.1, -0.05) is 19.1 Å². The van der Waals surface area contributed by atoms with Crippen molar-refractivity contribution in [2.24, 2.45) is 0 Å². The summed E-state index contributed by atoms with van der Waals surface area (Å²) in [6, 6.07) is 7.90. The summed E-state index contributed by atoms with van der Waals surface area (Å²) >= 11 is 0. The van der Waals surface area contributed by atoms with Crippen molar-refractivity contribution in [2.75, 3.05) is 18.5 Å². The van der Waals surface area contributed by atoms with Gasteiger partial charge in [-0.05, 0) is 50.3 Å². The summed E-state index contributed by atoms with van der Waals surface area (Å²) in [6.07, 6.45) is 3.99. The fourth-order valence-electron chi connectivity index (χ4n) is 2.33. The van der Waals surface area contributed by atoms with Crippen molar-refractivity contribution in [3.05, 3.63) is 29.8 Å². The van der Waals surface area contributed by atoms with E-state index in [0.717, 1.165) is 31.6 Å². The van der Waals surface area contributed by atoms with Gasteiger partial charge in [0, 0.05) is 12.3 Å². The third-order valence-corrected chi connectivity index (χ3v) is 3.81. The normalized spacial score (nSPS) is 20.0. The molecule has 0 aromatic heterocycles. The average molecular weight is 291 g/mol. The molecule has 0 saturated carbocycles. The monoisotopic (exact) mass is 291 g/mol. The van der Waals surface area contributed by atoms with E-state index in [9.17, 15) is 4.79 Å². The second-order valence-electron chi connectivity index (χ2n) is 5.50. The van der Waals surface area contributed by atoms with E-state index in [1.807, 2.05) is 24.3 Å². The van der Waals surface area contributed by atoms with Gasteiger partial charge in [0.2, 0.25) is 0 Å². The second-order valence-corrected chi connectivity index (χ2v) is 5.50. The van der Waals surface area contributed by atoms with Gasteiger partial charge in [-0.2, -0.15) is 0 Å². The zero-order chi connectivity index (χ0) is 15.1. The predicted molar refractivity (Wildman–Crippen MR) is 83.5 cm³/mol. The second kappa shape index (κ2) is 8.15. The maximum Gasteiger partial charge on any atom is 0.253 e. The van der Waals surface area contributed by atoms with Crippen LogP contribution in [0.1, 0.15) is 38.7 Å². The number of anilines is 1. The van der Waals surface area contributed by atoms with Crippen LogP contribution in [0, 0.1) is 0 Å². The first-order chi connectivity index (χ1) is 10.2. The van der Waals surface area contributed by atoms with Gasteiger partial charge in [-0.25, -0.2) is 0 Å². The van der Waals surface area contributed by atoms with Crippen LogP contribution in [0.2, 0.25) is 0 Å². The highest BCUT2D eigenvalue weighted by Crippen LogP contribution is 2.14. The summed E-state index contributed by atoms with van der Waals surface area (Å²) in [5, 5.41) is 2.88. The fraction of sp³-hybridized carbons (Fsp3) is 0.588. The van der Waals surface area contributed by atoms with E-state index in [0.29, 0.717) is 6.61 Å². The Balaban J connectivity index is 1.75. The van der Waals surface area contributed by atoms with Crippen molar-refractivity contribution in [3.8, 4) is 0 Å². The maximum atomic E-state index is 12.1. The number of aryl methyl sites for hydroxylation is 1. The first kappa shape index (κ1) is 16.0. The van der Waals surface area contributed by atoms with E-state index in [2.05, 4.69) is 12.2 Å². The third kappa shape index (κ3) is 5.14. The van der Waals surface area contributed by atoms with Gasteiger partial charge < -0.3 is 14.8 Å². The number of benzene rings is 1. The van der Waals surface area contributed by atoms with E-state index >= 15 is 0 Å². The lowest BCUT2D eigenvalue weighted by molar-refractivity contribution is -0.130. The quantitative estimate of drug-likeness (QED) is 0.875. The molecule has 21 heavy (non-hydrogen) atoms. The summed E-state index contributed by atoms with van der Waals surface area (Å²) in [5.41, 5.74) is 2.06. The smallest absolute Gasteiger partial charge is 0.253 e. The summed E-state index contributed by atoms with van der Waals surface area (Å²) in [6.45, 7) is 5.18. The molecule has 1 heterocycles. The molecule has 1 aliphatic rings. The van der Waals surface area contributed by atoms with Crippen molar-refractivity contribution in [2.45, 2.75) is 51.7 Å². The Bertz CT molecular complexity index is 438. The van der Waals surface area contributed by atoms with Gasteiger partial charge in [0.05, 0.1) is 12.7 Å². The van der Waals surface area contributed by atoms with Gasteiger partial charge in [0.25, 0.3) is 5.91 Å². The molecular formula is C17H25NO3. The highest BCUT2D eigenvalue weighted by molar-refractivity contribution is 5.93. The number of ether oxygens (including phenoxy) is 2. The van der Waals surface area contributed by atoms with Crippen molar-refractivity contribution in [3.63, 3.8) is 0 Å². The number of amides is 1. The SMILES string of the molecule is CCc1ccc(NC(=O)C(C)OCC2CCCCO2)cc1. The Morgan fingerprint density at radius 3 is 2.76 bits per heavy atom. The van der Waals surface area contributed by atoms with Crippen LogP contribution < -0.4 is 5.32 Å². The van der Waals surface area contributed by atoms with Crippen LogP contribution in [0.5, 0.6) is 0 Å². The molecule has 1 N–H and O–H groups in total. The van der Waals surface area contributed by atoms with Crippen LogP contribution >= 0.6 is 0 Å². The first-order valence-corrected chi connectivity index (χ1v) is 7.82. The minimum Gasteiger partial charge on any atom is -0.376 e. The highest BCUT2D eigenvalue weighted by Gasteiger charge is 2.18. The van der Waals surface area contributed by atoms with Gasteiger partial charge in [-0.3, -0.25) is 4.79 Å². The van der Waals surface area contributed by atoms with Crippen LogP contribution in [0.4, 0.5) is 5.69 Å². The molecule has 2 atom stereocenters. The van der Waals surface area contributed by atoms with Gasteiger partial charge in [0.15, 0.2) is 0 Å². The number of rotatable bonds is 6. The van der Waals surface area contributed by atoms with Crippen LogP contribution in [-0.2, 0) is 20.7 Å². The molecule has 4 heteroatoms. The van der Waals surface area contributed by atoms with E-state index in [1.165, 1.54) is 12.0 Å². The molecule has 0 spiro atoms. The largest absolute Gasteiger partial charge is 0.376 e. The van der Waals surface area contributed by atoms with E-state index in [-0.39, 0.29) is 12.0 Å². The van der Waals surface area contributed by atoms with E-state index in [1.54, 1.807) is 6.92 Å². The van der Waals surface area contributed by atoms with Crippen molar-refractivity contribution >= 4 is 11.6 Å². The molecule has 2 rings (SSSR count). The standard InChI is InChI=1S/C17H25NO3/c1-3-14-7-9-15(10-8-14)18-17(19)13(2)21-12-16-6-4-5-11-20-16/h7-10,13,16H,3-6,11-12H2,1-2H3,(H,18,19). The molecule has 4 nitrogen and oxygen atoms in total. The van der Waals surface area contributed by atoms with Crippen molar-refractivity contribution in [1.82, 2.24) is 0 Å². The van der Waals surface area contributed by atoms with Gasteiger partial charge >= 0.3 is 0 Å². The molecule has 0 radical (unpaired) electrons. The fourth-order valence-corrected chi connectivity index (χ4v) is 2.33. The van der Waals surface area contributed by atoms with E-state index < -0.39 is 6.10 Å². The molecule has 0 bridgehead atoms. The molecule has 1 aromatic rings. The van der Waals surface area contributed by atoms with E-state index in [4.69, 9.17) is 9.47 Å². The zero-order valence-corrected chi connectivity index (χ0v) is 12.9. The molecule has 1 fully saturated rings. The Morgan fingerprint density at radius 1 is 1.38 bits per heavy atom. The molecule has 1 aliphatic heterocycles. The predicted octanol–water partition coefficient (Wildman–Crippen LogP) is 3.16. The summed E-state index contributed by atoms with van der Waals surface area (Å²) in [5.74, 6) is -0.116. The molecule has 116 valence electrons. The number of carbonyl (C=O) groups is 1. The Kier molecular flexibility index (Phi) is 6.21. The minimum absolute atomic E-state index is 0.116. The highest BCUT2D eigenvalue weighted by atomic mass is 16.5. The molecule has 0 aliphatic carbocycles. The summed E-state index contributed by atoms with van der Waals surface area (Å²) in [4.78, 5) is 12.1. The third-order valence-electron chi connectivity index (χ3n) is 3.81. The molecular weight excluding hydrogens is 266 g/mol. The van der Waals surface area contributed by atoms with Crippen LogP contribution in [-0.4, -0.2) is 31.3 Å². The summed E-state index contributed by atoms with van der Waals surface area (Å²) in [7, 11) is 0. The van der Waals surface area contributed by atoms with Crippen LogP contribution in [0.3, 0.4) is 0 Å². The Labute approximate surface area is 126 Å². The van der Waals surface area contributed by atoms with Gasteiger partial charge in [-0.15, -0.1) is 0 Å². The van der Waals surface area contributed by atoms with Crippen LogP contribution in [0.15, 0.2) is 24.3 Å². The van der Waals surface area contributed by atoms with Crippen molar-refractivity contribution in [1.29, 1.82) is 0 Å². The average Bonchev–Trinajstić information content (AvgIpc) is 2.54. The lowest BCUT2D eigenvalue weighted by Gasteiger charge is -2.23. The maximum absolute atomic E-state index is 12.1. The Hall–Kier alpha value is -1.39. The topological polar surface area (TPSA) is 47.6 Å². The van der Waals surface area contributed by atoms with Crippen LogP contribution in [0.25, 0.3) is 0 Å². The lowest BCUT2D eigenvalue weighted by Crippen LogP contribution is -2.32. The number of carbonyl (C=O) groups excluding carboxylic acids is 1. The van der Waals surface area contributed by atoms with Gasteiger partial charge in [0.1, 0.15) is 6.10 Å². The number of hydrogen-bond donors (Lipinski definition) is 1. The zero-order valence-electron chi connectivity index (χ0n) is 12.9. The molecule has 1 amide bonds. The number of nitrogens with one attached hydrogen (secondary N) is 1. The Morgan fingerprint density at radius 2 is 2.14 bits per heavy atom. The number of hydrogen-bond acceptors (Lipinski definition) is 3. The molecule has 2 unspecified atom stereocenters. The minimum atomic E-state index is -0.471.